The number of carbonyl (C=O) groups excluding carboxylic acids is 2. The summed E-state index contributed by atoms with van der Waals surface area (Å²) in [5.74, 6) is 0.433. The van der Waals surface area contributed by atoms with Crippen molar-refractivity contribution in [3.8, 4) is 11.5 Å². The zero-order valence-electron chi connectivity index (χ0n) is 13.4. The third-order valence-electron chi connectivity index (χ3n) is 3.10. The molecule has 0 spiro atoms. The topological polar surface area (TPSA) is 73.9 Å². The maximum absolute atomic E-state index is 11.8. The van der Waals surface area contributed by atoms with Gasteiger partial charge < -0.3 is 19.5 Å². The molecule has 0 aliphatic carbocycles. The Labute approximate surface area is 140 Å². The molecule has 2 aromatic carbocycles. The van der Waals surface area contributed by atoms with Gasteiger partial charge >= 0.3 is 5.97 Å². The fraction of sp³-hybridized carbons (Fsp3) is 0.222. The lowest BCUT2D eigenvalue weighted by molar-refractivity contribution is -0.124. The summed E-state index contributed by atoms with van der Waals surface area (Å²) < 4.78 is 15.4. The van der Waals surface area contributed by atoms with Crippen molar-refractivity contribution in [1.29, 1.82) is 0 Å². The third-order valence-corrected chi connectivity index (χ3v) is 3.10. The van der Waals surface area contributed by atoms with Crippen LogP contribution >= 0.6 is 0 Å². The molecule has 0 heterocycles. The van der Waals surface area contributed by atoms with Gasteiger partial charge in [-0.3, -0.25) is 4.79 Å². The quantitative estimate of drug-likeness (QED) is 0.593. The van der Waals surface area contributed by atoms with E-state index < -0.39 is 5.97 Å². The summed E-state index contributed by atoms with van der Waals surface area (Å²) in [4.78, 5) is 23.4. The molecule has 0 radical (unpaired) electrons. The summed E-state index contributed by atoms with van der Waals surface area (Å²) >= 11 is 0. The van der Waals surface area contributed by atoms with E-state index in [1.807, 2.05) is 30.3 Å². The van der Waals surface area contributed by atoms with Gasteiger partial charge in [-0.05, 0) is 36.4 Å². The van der Waals surface area contributed by atoms with Crippen LogP contribution in [-0.2, 0) is 9.53 Å². The zero-order valence-corrected chi connectivity index (χ0v) is 13.4. The smallest absolute Gasteiger partial charge is 0.338 e. The Hall–Kier alpha value is -3.02. The molecule has 2 rings (SSSR count). The van der Waals surface area contributed by atoms with Crippen LogP contribution in [0.5, 0.6) is 11.5 Å². The standard InChI is InChI=1S/C18H19NO5/c1-22-15-9-7-14(8-10-15)18(21)24-13-17(20)19-11-12-23-16-5-3-2-4-6-16/h2-10H,11-13H2,1H3,(H,19,20). The van der Waals surface area contributed by atoms with Gasteiger partial charge in [0.2, 0.25) is 0 Å². The van der Waals surface area contributed by atoms with E-state index in [1.165, 1.54) is 0 Å². The first-order valence-electron chi connectivity index (χ1n) is 7.45. The number of benzene rings is 2. The zero-order chi connectivity index (χ0) is 17.2. The maximum Gasteiger partial charge on any atom is 0.338 e. The lowest BCUT2D eigenvalue weighted by Crippen LogP contribution is -2.32. The van der Waals surface area contributed by atoms with Crippen molar-refractivity contribution < 1.29 is 23.8 Å². The van der Waals surface area contributed by atoms with E-state index in [9.17, 15) is 9.59 Å². The van der Waals surface area contributed by atoms with Gasteiger partial charge in [0.25, 0.3) is 5.91 Å². The highest BCUT2D eigenvalue weighted by Crippen LogP contribution is 2.12. The Morgan fingerprint density at radius 1 is 0.958 bits per heavy atom. The van der Waals surface area contributed by atoms with Crippen molar-refractivity contribution in [2.75, 3.05) is 26.9 Å². The van der Waals surface area contributed by atoms with E-state index in [4.69, 9.17) is 14.2 Å². The van der Waals surface area contributed by atoms with Gasteiger partial charge in [0.15, 0.2) is 6.61 Å². The molecular formula is C18H19NO5. The summed E-state index contributed by atoms with van der Waals surface area (Å²) in [6.07, 6.45) is 0. The van der Waals surface area contributed by atoms with Crippen LogP contribution in [0.25, 0.3) is 0 Å². The van der Waals surface area contributed by atoms with Crippen molar-refractivity contribution in [3.05, 3.63) is 60.2 Å². The molecule has 2 aromatic rings. The van der Waals surface area contributed by atoms with Crippen molar-refractivity contribution in [1.82, 2.24) is 5.32 Å². The summed E-state index contributed by atoms with van der Waals surface area (Å²) in [5.41, 5.74) is 0.357. The number of hydrogen-bond donors (Lipinski definition) is 1. The SMILES string of the molecule is COc1ccc(C(=O)OCC(=O)NCCOc2ccccc2)cc1. The number of methoxy groups -OCH3 is 1. The van der Waals surface area contributed by atoms with Crippen LogP contribution in [0.15, 0.2) is 54.6 Å². The minimum Gasteiger partial charge on any atom is -0.497 e. The molecule has 6 nitrogen and oxygen atoms in total. The molecule has 0 saturated carbocycles. The Balaban J connectivity index is 1.64. The summed E-state index contributed by atoms with van der Waals surface area (Å²) in [5, 5.41) is 2.62. The van der Waals surface area contributed by atoms with Gasteiger partial charge in [-0.15, -0.1) is 0 Å². The number of esters is 1. The van der Waals surface area contributed by atoms with Crippen molar-refractivity contribution in [3.63, 3.8) is 0 Å². The Morgan fingerprint density at radius 2 is 1.67 bits per heavy atom. The molecule has 0 aliphatic rings. The van der Waals surface area contributed by atoms with Gasteiger partial charge in [0, 0.05) is 0 Å². The fourth-order valence-electron chi connectivity index (χ4n) is 1.87. The van der Waals surface area contributed by atoms with Crippen LogP contribution in [0.1, 0.15) is 10.4 Å². The Kier molecular flexibility index (Phi) is 6.64. The molecule has 0 atom stereocenters. The molecule has 0 aliphatic heterocycles. The second-order valence-electron chi connectivity index (χ2n) is 4.82. The summed E-state index contributed by atoms with van der Waals surface area (Å²) in [6.45, 7) is 0.326. The highest BCUT2D eigenvalue weighted by atomic mass is 16.5. The molecular weight excluding hydrogens is 310 g/mol. The number of nitrogens with one attached hydrogen (secondary N) is 1. The highest BCUT2D eigenvalue weighted by molar-refractivity contribution is 5.91. The second kappa shape index (κ2) is 9.19. The van der Waals surface area contributed by atoms with Crippen LogP contribution in [-0.4, -0.2) is 38.7 Å². The summed E-state index contributed by atoms with van der Waals surface area (Å²) in [7, 11) is 1.54. The minimum absolute atomic E-state index is 0.327. The van der Waals surface area contributed by atoms with Gasteiger partial charge in [-0.25, -0.2) is 4.79 Å². The van der Waals surface area contributed by atoms with Crippen molar-refractivity contribution >= 4 is 11.9 Å². The lowest BCUT2D eigenvalue weighted by atomic mass is 10.2. The predicted octanol–water partition coefficient (Wildman–Crippen LogP) is 2.05. The molecule has 0 unspecified atom stereocenters. The molecule has 1 N–H and O–H groups in total. The first kappa shape index (κ1) is 17.3. The van der Waals surface area contributed by atoms with E-state index in [2.05, 4.69) is 5.32 Å². The van der Waals surface area contributed by atoms with Gasteiger partial charge in [0.05, 0.1) is 19.2 Å². The molecule has 0 fully saturated rings. The largest absolute Gasteiger partial charge is 0.497 e. The van der Waals surface area contributed by atoms with Gasteiger partial charge in [-0.1, -0.05) is 18.2 Å². The van der Waals surface area contributed by atoms with Crippen LogP contribution in [0.4, 0.5) is 0 Å². The Bertz CT molecular complexity index is 655. The minimum atomic E-state index is -0.562. The molecule has 0 aromatic heterocycles. The predicted molar refractivity (Wildman–Crippen MR) is 88.2 cm³/mol. The van der Waals surface area contributed by atoms with Crippen molar-refractivity contribution in [2.45, 2.75) is 0 Å². The fourth-order valence-corrected chi connectivity index (χ4v) is 1.87. The number of carbonyl (C=O) groups is 2. The van der Waals surface area contributed by atoms with Crippen LogP contribution in [0, 0.1) is 0 Å². The van der Waals surface area contributed by atoms with E-state index in [0.29, 0.717) is 24.5 Å². The summed E-state index contributed by atoms with van der Waals surface area (Å²) in [6, 6.07) is 15.7. The average molecular weight is 329 g/mol. The number of amides is 1. The number of hydrogen-bond acceptors (Lipinski definition) is 5. The van der Waals surface area contributed by atoms with Crippen LogP contribution < -0.4 is 14.8 Å². The maximum atomic E-state index is 11.8. The van der Waals surface area contributed by atoms with E-state index in [1.54, 1.807) is 31.4 Å². The molecule has 6 heteroatoms. The van der Waals surface area contributed by atoms with Gasteiger partial charge in [-0.2, -0.15) is 0 Å². The molecule has 1 amide bonds. The number of rotatable bonds is 8. The first-order chi connectivity index (χ1) is 11.7. The highest BCUT2D eigenvalue weighted by Gasteiger charge is 2.10. The monoisotopic (exact) mass is 329 g/mol. The van der Waals surface area contributed by atoms with E-state index in [0.717, 1.165) is 5.75 Å². The average Bonchev–Trinajstić information content (AvgIpc) is 2.64. The third kappa shape index (κ3) is 5.64. The first-order valence-corrected chi connectivity index (χ1v) is 7.45. The molecule has 0 bridgehead atoms. The van der Waals surface area contributed by atoms with Crippen molar-refractivity contribution in [2.24, 2.45) is 0 Å². The second-order valence-corrected chi connectivity index (χ2v) is 4.82. The number of ether oxygens (including phenoxy) is 3. The Morgan fingerprint density at radius 3 is 2.33 bits per heavy atom. The van der Waals surface area contributed by atoms with E-state index >= 15 is 0 Å². The number of para-hydroxylation sites is 1. The molecule has 24 heavy (non-hydrogen) atoms. The van der Waals surface area contributed by atoms with Gasteiger partial charge in [0.1, 0.15) is 18.1 Å². The molecule has 126 valence electrons. The lowest BCUT2D eigenvalue weighted by Gasteiger charge is -2.08. The van der Waals surface area contributed by atoms with Crippen LogP contribution in [0.2, 0.25) is 0 Å². The van der Waals surface area contributed by atoms with Crippen LogP contribution in [0.3, 0.4) is 0 Å². The van der Waals surface area contributed by atoms with E-state index in [-0.39, 0.29) is 12.5 Å². The molecule has 0 saturated heterocycles. The normalized spacial score (nSPS) is 9.88.